The number of benzene rings is 1. The fourth-order valence-corrected chi connectivity index (χ4v) is 3.87. The van der Waals surface area contributed by atoms with Gasteiger partial charge in [0.25, 0.3) is 0 Å². The summed E-state index contributed by atoms with van der Waals surface area (Å²) in [6.45, 7) is 1.56. The maximum atomic E-state index is 12.8. The minimum absolute atomic E-state index is 0.0418. The van der Waals surface area contributed by atoms with Crippen LogP contribution in [0.2, 0.25) is 5.02 Å². The van der Waals surface area contributed by atoms with Crippen LogP contribution in [0, 0.1) is 0 Å². The molecule has 8 nitrogen and oxygen atoms in total. The molecule has 0 N–H and O–H groups in total. The summed E-state index contributed by atoms with van der Waals surface area (Å²) < 4.78 is 1.56. The number of rotatable bonds is 5. The number of hydrogen-bond donors (Lipinski definition) is 0. The first-order valence-electron chi connectivity index (χ1n) is 9.91. The number of piperidine rings is 1. The highest BCUT2D eigenvalue weighted by Crippen LogP contribution is 2.34. The van der Waals surface area contributed by atoms with Gasteiger partial charge in [0, 0.05) is 49.9 Å². The highest BCUT2D eigenvalue weighted by atomic mass is 35.5. The first-order valence-corrected chi connectivity index (χ1v) is 10.3. The normalized spacial score (nSPS) is 16.5. The lowest BCUT2D eigenvalue weighted by Crippen LogP contribution is -2.41. The molecule has 0 bridgehead atoms. The van der Waals surface area contributed by atoms with E-state index in [-0.39, 0.29) is 18.4 Å². The van der Waals surface area contributed by atoms with Crippen molar-refractivity contribution in [2.75, 3.05) is 32.1 Å². The zero-order chi connectivity index (χ0) is 21.1. The van der Waals surface area contributed by atoms with E-state index in [1.54, 1.807) is 11.0 Å². The molecule has 4 rings (SSSR count). The maximum absolute atomic E-state index is 12.8. The molecule has 3 heterocycles. The molecular formula is C21H24ClN7O. The van der Waals surface area contributed by atoms with Crippen LogP contribution in [0.4, 0.5) is 5.95 Å². The van der Waals surface area contributed by atoms with Gasteiger partial charge in [-0.05, 0) is 30.5 Å². The Kier molecular flexibility index (Phi) is 5.94. The quantitative estimate of drug-likeness (QED) is 0.625. The van der Waals surface area contributed by atoms with Crippen LogP contribution in [0.15, 0.2) is 43.1 Å². The van der Waals surface area contributed by atoms with E-state index in [2.05, 4.69) is 15.1 Å². The number of hydrogen-bond acceptors (Lipinski definition) is 6. The predicted molar refractivity (Wildman–Crippen MR) is 115 cm³/mol. The molecule has 1 amide bonds. The molecule has 1 unspecified atom stereocenters. The van der Waals surface area contributed by atoms with Gasteiger partial charge in [0.2, 0.25) is 11.9 Å². The second-order valence-electron chi connectivity index (χ2n) is 7.64. The SMILES string of the molecule is CN(C)c1ncc(-c2ccc(Cl)cc2)c(C2CCCN(C(=O)Cn3cncn3)C2)n1. The van der Waals surface area contributed by atoms with Crippen molar-refractivity contribution in [1.29, 1.82) is 0 Å². The minimum Gasteiger partial charge on any atom is -0.347 e. The topological polar surface area (TPSA) is 80.0 Å². The van der Waals surface area contributed by atoms with Crippen molar-refractivity contribution >= 4 is 23.5 Å². The lowest BCUT2D eigenvalue weighted by molar-refractivity contribution is -0.133. The number of carbonyl (C=O) groups is 1. The maximum Gasteiger partial charge on any atom is 0.244 e. The van der Waals surface area contributed by atoms with Crippen molar-refractivity contribution in [3.63, 3.8) is 0 Å². The van der Waals surface area contributed by atoms with Crippen molar-refractivity contribution in [2.24, 2.45) is 0 Å². The summed E-state index contributed by atoms with van der Waals surface area (Å²) in [6.07, 6.45) is 6.77. The highest BCUT2D eigenvalue weighted by Gasteiger charge is 2.28. The number of nitrogens with zero attached hydrogens (tertiary/aromatic N) is 7. The van der Waals surface area contributed by atoms with Crippen LogP contribution in [0.1, 0.15) is 24.5 Å². The van der Waals surface area contributed by atoms with Gasteiger partial charge in [0.05, 0.1) is 5.69 Å². The molecule has 1 aliphatic rings. The molecule has 1 fully saturated rings. The number of anilines is 1. The monoisotopic (exact) mass is 425 g/mol. The molecule has 1 aromatic carbocycles. The summed E-state index contributed by atoms with van der Waals surface area (Å²) in [5, 5.41) is 4.73. The van der Waals surface area contributed by atoms with E-state index in [1.807, 2.05) is 54.4 Å². The van der Waals surface area contributed by atoms with E-state index in [0.29, 0.717) is 17.5 Å². The Bertz CT molecular complexity index is 1000. The van der Waals surface area contributed by atoms with Gasteiger partial charge in [-0.2, -0.15) is 5.10 Å². The summed E-state index contributed by atoms with van der Waals surface area (Å²) in [4.78, 5) is 29.9. The molecule has 30 heavy (non-hydrogen) atoms. The minimum atomic E-state index is 0.0418. The molecule has 2 aromatic heterocycles. The molecule has 1 atom stereocenters. The molecule has 0 radical (unpaired) electrons. The first-order chi connectivity index (χ1) is 14.5. The summed E-state index contributed by atoms with van der Waals surface area (Å²) in [5.41, 5.74) is 2.97. The van der Waals surface area contributed by atoms with Gasteiger partial charge >= 0.3 is 0 Å². The molecule has 3 aromatic rings. The number of likely N-dealkylation sites (tertiary alicyclic amines) is 1. The molecule has 0 saturated carbocycles. The first kappa shape index (κ1) is 20.3. The Morgan fingerprint density at radius 3 is 2.77 bits per heavy atom. The van der Waals surface area contributed by atoms with Crippen molar-refractivity contribution < 1.29 is 4.79 Å². The molecule has 9 heteroatoms. The average Bonchev–Trinajstić information content (AvgIpc) is 3.27. The predicted octanol–water partition coefficient (Wildman–Crippen LogP) is 2.86. The van der Waals surface area contributed by atoms with E-state index in [4.69, 9.17) is 16.6 Å². The second-order valence-corrected chi connectivity index (χ2v) is 8.08. The zero-order valence-electron chi connectivity index (χ0n) is 17.1. The van der Waals surface area contributed by atoms with Gasteiger partial charge in [-0.1, -0.05) is 23.7 Å². The van der Waals surface area contributed by atoms with Crippen LogP contribution in [-0.4, -0.2) is 62.7 Å². The molecule has 0 spiro atoms. The highest BCUT2D eigenvalue weighted by molar-refractivity contribution is 6.30. The third-order valence-corrected chi connectivity index (χ3v) is 5.54. The fraction of sp³-hybridized carbons (Fsp3) is 0.381. The van der Waals surface area contributed by atoms with Crippen LogP contribution < -0.4 is 4.90 Å². The molecule has 0 aliphatic carbocycles. The third-order valence-electron chi connectivity index (χ3n) is 5.29. The van der Waals surface area contributed by atoms with Gasteiger partial charge in [0.1, 0.15) is 19.2 Å². The van der Waals surface area contributed by atoms with Gasteiger partial charge in [-0.3, -0.25) is 4.79 Å². The average molecular weight is 426 g/mol. The summed E-state index contributed by atoms with van der Waals surface area (Å²) in [7, 11) is 3.85. The number of amides is 1. The summed E-state index contributed by atoms with van der Waals surface area (Å²) in [5.74, 6) is 0.833. The van der Waals surface area contributed by atoms with E-state index >= 15 is 0 Å². The van der Waals surface area contributed by atoms with E-state index in [9.17, 15) is 4.79 Å². The largest absolute Gasteiger partial charge is 0.347 e. The Hall–Kier alpha value is -3.00. The van der Waals surface area contributed by atoms with Crippen molar-refractivity contribution in [3.8, 4) is 11.1 Å². The lowest BCUT2D eigenvalue weighted by Gasteiger charge is -2.33. The van der Waals surface area contributed by atoms with Gasteiger partial charge in [-0.15, -0.1) is 0 Å². The second kappa shape index (κ2) is 8.79. The van der Waals surface area contributed by atoms with E-state index in [1.165, 1.54) is 6.33 Å². The van der Waals surface area contributed by atoms with Crippen LogP contribution in [0.5, 0.6) is 0 Å². The van der Waals surface area contributed by atoms with Gasteiger partial charge in [0.15, 0.2) is 0 Å². The standard InChI is InChI=1S/C21H24ClN7O/c1-27(2)21-24-10-18(15-5-7-17(22)8-6-15)20(26-21)16-4-3-9-28(11-16)19(30)12-29-14-23-13-25-29/h5-8,10,13-14,16H,3-4,9,11-12H2,1-2H3. The molecule has 156 valence electrons. The smallest absolute Gasteiger partial charge is 0.244 e. The van der Waals surface area contributed by atoms with Gasteiger partial charge in [-0.25, -0.2) is 19.6 Å². The molecule has 1 saturated heterocycles. The summed E-state index contributed by atoms with van der Waals surface area (Å²) >= 11 is 6.07. The zero-order valence-corrected chi connectivity index (χ0v) is 17.8. The van der Waals surface area contributed by atoms with Crippen molar-refractivity contribution in [3.05, 3.63) is 53.8 Å². The van der Waals surface area contributed by atoms with Crippen molar-refractivity contribution in [1.82, 2.24) is 29.6 Å². The van der Waals surface area contributed by atoms with Crippen LogP contribution >= 0.6 is 11.6 Å². The Labute approximate surface area is 180 Å². The van der Waals surface area contributed by atoms with Crippen LogP contribution in [0.3, 0.4) is 0 Å². The summed E-state index contributed by atoms with van der Waals surface area (Å²) in [6, 6.07) is 7.71. The lowest BCUT2D eigenvalue weighted by atomic mass is 9.90. The Morgan fingerprint density at radius 2 is 2.07 bits per heavy atom. The third kappa shape index (κ3) is 4.43. The number of halogens is 1. The number of aromatic nitrogens is 5. The Morgan fingerprint density at radius 1 is 1.27 bits per heavy atom. The van der Waals surface area contributed by atoms with Crippen LogP contribution in [0.25, 0.3) is 11.1 Å². The molecular weight excluding hydrogens is 402 g/mol. The molecule has 1 aliphatic heterocycles. The van der Waals surface area contributed by atoms with Gasteiger partial charge < -0.3 is 9.80 Å². The van der Waals surface area contributed by atoms with Crippen LogP contribution in [-0.2, 0) is 11.3 Å². The Balaban J connectivity index is 1.63. The number of carbonyl (C=O) groups excluding carboxylic acids is 1. The fourth-order valence-electron chi connectivity index (χ4n) is 3.74. The van der Waals surface area contributed by atoms with E-state index < -0.39 is 0 Å². The van der Waals surface area contributed by atoms with E-state index in [0.717, 1.165) is 36.2 Å². The van der Waals surface area contributed by atoms with Crippen molar-refractivity contribution in [2.45, 2.75) is 25.3 Å².